The van der Waals surface area contributed by atoms with Crippen molar-refractivity contribution in [1.29, 1.82) is 0 Å². The maximum atomic E-state index is 12.3. The third-order valence-electron chi connectivity index (χ3n) is 4.07. The lowest BCUT2D eigenvalue weighted by Gasteiger charge is -2.29. The zero-order valence-corrected chi connectivity index (χ0v) is 11.5. The molecule has 0 bridgehead atoms. The minimum Gasteiger partial charge on any atom is -0.392 e. The minimum atomic E-state index is -0.385. The normalized spacial score (nSPS) is 26.4. The van der Waals surface area contributed by atoms with Gasteiger partial charge < -0.3 is 15.3 Å². The Morgan fingerprint density at radius 3 is 2.70 bits per heavy atom. The molecule has 3 rings (SSSR count). The Morgan fingerprint density at radius 1 is 1.30 bits per heavy atom. The fraction of sp³-hybridized carbons (Fsp3) is 0.438. The van der Waals surface area contributed by atoms with Crippen molar-refractivity contribution in [2.45, 2.75) is 25.0 Å². The summed E-state index contributed by atoms with van der Waals surface area (Å²) in [6.45, 7) is 1.94. The van der Waals surface area contributed by atoms with Gasteiger partial charge in [0.2, 0.25) is 5.91 Å². The molecule has 106 valence electrons. The fourth-order valence-corrected chi connectivity index (χ4v) is 2.91. The molecule has 20 heavy (non-hydrogen) atoms. The van der Waals surface area contributed by atoms with Gasteiger partial charge in [0.25, 0.3) is 0 Å². The molecule has 0 radical (unpaired) electrons. The molecule has 2 aliphatic rings. The minimum absolute atomic E-state index is 0.116. The van der Waals surface area contributed by atoms with Crippen molar-refractivity contribution in [3.63, 3.8) is 0 Å². The topological polar surface area (TPSA) is 52.6 Å². The number of amides is 1. The highest BCUT2D eigenvalue weighted by Gasteiger charge is 2.31. The smallest absolute Gasteiger partial charge is 0.240 e. The van der Waals surface area contributed by atoms with Crippen LogP contribution in [0.15, 0.2) is 36.4 Å². The van der Waals surface area contributed by atoms with Crippen LogP contribution in [-0.4, -0.2) is 47.7 Å². The van der Waals surface area contributed by atoms with Gasteiger partial charge in [0.1, 0.15) is 0 Å². The Labute approximate surface area is 119 Å². The maximum Gasteiger partial charge on any atom is 0.240 e. The van der Waals surface area contributed by atoms with Crippen LogP contribution in [0.25, 0.3) is 5.57 Å². The molecule has 2 unspecified atom stereocenters. The number of aliphatic hydroxyl groups is 1. The van der Waals surface area contributed by atoms with Crippen molar-refractivity contribution < 1.29 is 9.90 Å². The largest absolute Gasteiger partial charge is 0.392 e. The molecule has 4 nitrogen and oxygen atoms in total. The zero-order valence-electron chi connectivity index (χ0n) is 11.5. The average molecular weight is 272 g/mol. The zero-order chi connectivity index (χ0) is 13.9. The lowest BCUT2D eigenvalue weighted by molar-refractivity contribution is -0.132. The maximum absolute atomic E-state index is 12.3. The van der Waals surface area contributed by atoms with E-state index in [1.54, 1.807) is 0 Å². The van der Waals surface area contributed by atoms with E-state index in [1.165, 1.54) is 11.1 Å². The second kappa shape index (κ2) is 5.77. The molecule has 0 aliphatic carbocycles. The molecular weight excluding hydrogens is 252 g/mol. The summed E-state index contributed by atoms with van der Waals surface area (Å²) in [6.07, 6.45) is 3.18. The fourth-order valence-electron chi connectivity index (χ4n) is 2.91. The predicted octanol–water partition coefficient (Wildman–Crippen LogP) is 1.03. The van der Waals surface area contributed by atoms with Crippen LogP contribution >= 0.6 is 0 Å². The Balaban J connectivity index is 1.63. The van der Waals surface area contributed by atoms with Gasteiger partial charge in [0.15, 0.2) is 0 Å². The number of rotatable bonds is 2. The van der Waals surface area contributed by atoms with Gasteiger partial charge in [-0.15, -0.1) is 0 Å². The van der Waals surface area contributed by atoms with Crippen molar-refractivity contribution >= 4 is 11.5 Å². The van der Waals surface area contributed by atoms with Gasteiger partial charge in [-0.05, 0) is 24.0 Å². The Hall–Kier alpha value is -1.65. The summed E-state index contributed by atoms with van der Waals surface area (Å²) >= 11 is 0. The third-order valence-corrected chi connectivity index (χ3v) is 4.07. The number of carbonyl (C=O) groups is 1. The molecule has 1 fully saturated rings. The number of hydrogen-bond donors (Lipinski definition) is 2. The molecular formula is C16H20N2O2. The van der Waals surface area contributed by atoms with Crippen molar-refractivity contribution in [2.75, 3.05) is 19.6 Å². The number of carbonyl (C=O) groups excluding carboxylic acids is 1. The van der Waals surface area contributed by atoms with Crippen LogP contribution < -0.4 is 5.32 Å². The highest BCUT2D eigenvalue weighted by Crippen LogP contribution is 2.23. The number of nitrogens with zero attached hydrogens (tertiary/aromatic N) is 1. The van der Waals surface area contributed by atoms with E-state index in [2.05, 4.69) is 23.5 Å². The molecule has 1 aromatic rings. The second-order valence-corrected chi connectivity index (χ2v) is 5.48. The third kappa shape index (κ3) is 2.76. The predicted molar refractivity (Wildman–Crippen MR) is 78.0 cm³/mol. The van der Waals surface area contributed by atoms with Gasteiger partial charge >= 0.3 is 0 Å². The van der Waals surface area contributed by atoms with Crippen molar-refractivity contribution in [2.24, 2.45) is 0 Å². The first kappa shape index (κ1) is 13.3. The van der Waals surface area contributed by atoms with Crippen LogP contribution in [0, 0.1) is 0 Å². The number of benzene rings is 1. The first-order valence-electron chi connectivity index (χ1n) is 7.19. The summed E-state index contributed by atoms with van der Waals surface area (Å²) in [5, 5.41) is 12.6. The van der Waals surface area contributed by atoms with E-state index < -0.39 is 0 Å². The average Bonchev–Trinajstić information content (AvgIpc) is 2.94. The van der Waals surface area contributed by atoms with Crippen LogP contribution in [0.1, 0.15) is 18.4 Å². The highest BCUT2D eigenvalue weighted by atomic mass is 16.3. The van der Waals surface area contributed by atoms with Crippen LogP contribution in [0.4, 0.5) is 0 Å². The summed E-state index contributed by atoms with van der Waals surface area (Å²) in [4.78, 5) is 14.2. The molecule has 0 spiro atoms. The summed E-state index contributed by atoms with van der Waals surface area (Å²) < 4.78 is 0. The van der Waals surface area contributed by atoms with E-state index >= 15 is 0 Å². The van der Waals surface area contributed by atoms with Crippen LogP contribution in [0.5, 0.6) is 0 Å². The van der Waals surface area contributed by atoms with Gasteiger partial charge in [0, 0.05) is 19.6 Å². The van der Waals surface area contributed by atoms with Crippen LogP contribution in [0.2, 0.25) is 0 Å². The molecule has 2 aliphatic heterocycles. The SMILES string of the molecule is O=C(C1CC(O)CN1)N1CC=C(c2ccccc2)CC1. The van der Waals surface area contributed by atoms with E-state index in [0.717, 1.165) is 13.0 Å². The van der Waals surface area contributed by atoms with E-state index in [1.807, 2.05) is 23.1 Å². The quantitative estimate of drug-likeness (QED) is 0.845. The van der Waals surface area contributed by atoms with E-state index in [9.17, 15) is 9.90 Å². The molecule has 1 saturated heterocycles. The number of nitrogens with one attached hydrogen (secondary N) is 1. The molecule has 0 aromatic heterocycles. The van der Waals surface area contributed by atoms with Crippen molar-refractivity contribution in [1.82, 2.24) is 10.2 Å². The Kier molecular flexibility index (Phi) is 3.85. The number of hydrogen-bond acceptors (Lipinski definition) is 3. The van der Waals surface area contributed by atoms with Crippen LogP contribution in [0.3, 0.4) is 0 Å². The van der Waals surface area contributed by atoms with Gasteiger partial charge in [-0.25, -0.2) is 0 Å². The summed E-state index contributed by atoms with van der Waals surface area (Å²) in [6, 6.07) is 10.1. The summed E-state index contributed by atoms with van der Waals surface area (Å²) in [5.41, 5.74) is 2.56. The number of β-amino-alcohol motifs (C(OH)–C–C–N with tert-alkyl or cyclic N) is 1. The van der Waals surface area contributed by atoms with Gasteiger partial charge in [-0.1, -0.05) is 36.4 Å². The molecule has 2 heterocycles. The molecule has 1 amide bonds. The summed E-state index contributed by atoms with van der Waals surface area (Å²) in [5.74, 6) is 0.116. The van der Waals surface area contributed by atoms with E-state index in [0.29, 0.717) is 19.5 Å². The Morgan fingerprint density at radius 2 is 2.10 bits per heavy atom. The highest BCUT2D eigenvalue weighted by molar-refractivity contribution is 5.83. The van der Waals surface area contributed by atoms with Gasteiger partial charge in [0.05, 0.1) is 12.1 Å². The lowest BCUT2D eigenvalue weighted by atomic mass is 9.99. The van der Waals surface area contributed by atoms with E-state index in [4.69, 9.17) is 0 Å². The molecule has 4 heteroatoms. The van der Waals surface area contributed by atoms with Gasteiger partial charge in [-0.2, -0.15) is 0 Å². The first-order valence-corrected chi connectivity index (χ1v) is 7.19. The first-order chi connectivity index (χ1) is 9.74. The standard InChI is InChI=1S/C16H20N2O2/c19-14-10-15(17-11-14)16(20)18-8-6-13(7-9-18)12-4-2-1-3-5-12/h1-6,14-15,17,19H,7-11H2. The molecule has 1 aromatic carbocycles. The monoisotopic (exact) mass is 272 g/mol. The van der Waals surface area contributed by atoms with Crippen molar-refractivity contribution in [3.05, 3.63) is 42.0 Å². The molecule has 0 saturated carbocycles. The van der Waals surface area contributed by atoms with Crippen molar-refractivity contribution in [3.8, 4) is 0 Å². The van der Waals surface area contributed by atoms with E-state index in [-0.39, 0.29) is 18.1 Å². The van der Waals surface area contributed by atoms with Crippen LogP contribution in [-0.2, 0) is 4.79 Å². The second-order valence-electron chi connectivity index (χ2n) is 5.48. The Bertz CT molecular complexity index is 512. The summed E-state index contributed by atoms with van der Waals surface area (Å²) in [7, 11) is 0. The number of aliphatic hydroxyl groups excluding tert-OH is 1. The molecule has 2 N–H and O–H groups in total. The molecule has 2 atom stereocenters. The lowest BCUT2D eigenvalue weighted by Crippen LogP contribution is -2.45. The van der Waals surface area contributed by atoms with Gasteiger partial charge in [-0.3, -0.25) is 4.79 Å².